The molecule has 7 heteroatoms. The van der Waals surface area contributed by atoms with Crippen LogP contribution in [-0.4, -0.2) is 52.2 Å². The summed E-state index contributed by atoms with van der Waals surface area (Å²) in [7, 11) is 0. The first-order chi connectivity index (χ1) is 18.7. The molecule has 0 spiro atoms. The van der Waals surface area contributed by atoms with Crippen molar-refractivity contribution in [3.63, 3.8) is 0 Å². The zero-order valence-corrected chi connectivity index (χ0v) is 23.1. The summed E-state index contributed by atoms with van der Waals surface area (Å²) >= 11 is 1.72. The van der Waals surface area contributed by atoms with Gasteiger partial charge in [-0.1, -0.05) is 54.9 Å². The number of hydrogen-bond donors (Lipinski definition) is 1. The molecule has 3 fully saturated rings. The number of aliphatic hydroxyl groups excluding tert-OH is 1. The Morgan fingerprint density at radius 2 is 1.45 bits per heavy atom. The molecule has 0 radical (unpaired) electrons. The van der Waals surface area contributed by atoms with Gasteiger partial charge in [0.1, 0.15) is 15.8 Å². The molecule has 1 saturated heterocycles. The molecule has 2 aliphatic carbocycles. The van der Waals surface area contributed by atoms with Gasteiger partial charge in [-0.05, 0) is 75.0 Å². The number of nitrogens with zero attached hydrogens (tertiary/aromatic N) is 4. The minimum Gasteiger partial charge on any atom is -0.396 e. The second-order valence-corrected chi connectivity index (χ2v) is 12.4. The highest BCUT2D eigenvalue weighted by molar-refractivity contribution is 7.14. The molecule has 0 bridgehead atoms. The number of rotatable bonds is 7. The Labute approximate surface area is 230 Å². The molecule has 1 aliphatic heterocycles. The lowest BCUT2D eigenvalue weighted by atomic mass is 9.83. The Kier molecular flexibility index (Phi) is 8.33. The molecule has 2 aromatic heterocycles. The van der Waals surface area contributed by atoms with Gasteiger partial charge in [0, 0.05) is 42.9 Å². The normalized spacial score (nSPS) is 23.6. The summed E-state index contributed by atoms with van der Waals surface area (Å²) in [5.74, 6) is 2.02. The van der Waals surface area contributed by atoms with Gasteiger partial charge in [0.2, 0.25) is 0 Å². The van der Waals surface area contributed by atoms with Gasteiger partial charge < -0.3 is 14.7 Å². The molecule has 0 atom stereocenters. The van der Waals surface area contributed by atoms with Crippen molar-refractivity contribution in [1.82, 2.24) is 15.2 Å². The Morgan fingerprint density at radius 1 is 0.763 bits per heavy atom. The van der Waals surface area contributed by atoms with E-state index < -0.39 is 0 Å². The molecule has 6 rings (SSSR count). The number of piperidine rings is 1. The predicted molar refractivity (Wildman–Crippen MR) is 154 cm³/mol. The summed E-state index contributed by atoms with van der Waals surface area (Å²) in [6.45, 7) is 2.35. The van der Waals surface area contributed by atoms with E-state index in [1.165, 1.54) is 37.7 Å². The van der Waals surface area contributed by atoms with Crippen LogP contribution in [0.15, 0.2) is 42.6 Å². The maximum Gasteiger partial charge on any atom is 0.147 e. The summed E-state index contributed by atoms with van der Waals surface area (Å²) in [6, 6.07) is 13.0. The van der Waals surface area contributed by atoms with Crippen molar-refractivity contribution < 1.29 is 9.84 Å². The van der Waals surface area contributed by atoms with E-state index in [4.69, 9.17) is 9.72 Å². The molecule has 3 aliphatic rings. The van der Waals surface area contributed by atoms with Crippen molar-refractivity contribution in [3.05, 3.63) is 47.6 Å². The van der Waals surface area contributed by atoms with Crippen molar-refractivity contribution in [3.8, 4) is 21.7 Å². The quantitative estimate of drug-likeness (QED) is 0.359. The number of anilines is 1. The molecule has 38 heavy (non-hydrogen) atoms. The molecule has 1 N–H and O–H groups in total. The van der Waals surface area contributed by atoms with Gasteiger partial charge in [0.15, 0.2) is 0 Å². The molecule has 6 nitrogen and oxygen atoms in total. The lowest BCUT2D eigenvalue weighted by molar-refractivity contribution is -0.0395. The van der Waals surface area contributed by atoms with Gasteiger partial charge in [-0.15, -0.1) is 10.2 Å². The van der Waals surface area contributed by atoms with Crippen molar-refractivity contribution >= 4 is 17.2 Å². The molecule has 0 amide bonds. The van der Waals surface area contributed by atoms with E-state index in [0.29, 0.717) is 30.7 Å². The Hall–Kier alpha value is -2.35. The van der Waals surface area contributed by atoms with Crippen LogP contribution in [0.5, 0.6) is 0 Å². The van der Waals surface area contributed by atoms with Crippen LogP contribution in [0.1, 0.15) is 81.6 Å². The van der Waals surface area contributed by atoms with Crippen LogP contribution in [0.4, 0.5) is 5.82 Å². The van der Waals surface area contributed by atoms with Gasteiger partial charge in [-0.3, -0.25) is 0 Å². The third-order valence-corrected chi connectivity index (χ3v) is 9.95. The number of pyridine rings is 1. The maximum atomic E-state index is 9.40. The average molecular weight is 533 g/mol. The number of benzene rings is 1. The average Bonchev–Trinajstić information content (AvgIpc) is 3.49. The fourth-order valence-electron chi connectivity index (χ4n) is 6.35. The van der Waals surface area contributed by atoms with Crippen LogP contribution in [0.25, 0.3) is 21.7 Å². The van der Waals surface area contributed by atoms with Gasteiger partial charge >= 0.3 is 0 Å². The summed E-state index contributed by atoms with van der Waals surface area (Å²) < 4.78 is 6.41. The highest BCUT2D eigenvalue weighted by atomic mass is 32.1. The van der Waals surface area contributed by atoms with Gasteiger partial charge in [-0.2, -0.15) is 0 Å². The van der Waals surface area contributed by atoms with E-state index in [-0.39, 0.29) is 0 Å². The summed E-state index contributed by atoms with van der Waals surface area (Å²) in [6.07, 6.45) is 16.0. The summed E-state index contributed by atoms with van der Waals surface area (Å²) in [5, 5.41) is 20.5. The molecular formula is C31H40N4O2S. The lowest BCUT2D eigenvalue weighted by Gasteiger charge is -2.35. The maximum absolute atomic E-state index is 9.40. The fourth-order valence-corrected chi connectivity index (χ4v) is 7.37. The zero-order chi connectivity index (χ0) is 25.7. The van der Waals surface area contributed by atoms with Gasteiger partial charge in [0.05, 0.1) is 12.2 Å². The van der Waals surface area contributed by atoms with Crippen LogP contribution in [0.2, 0.25) is 0 Å². The molecule has 3 aromatic rings. The van der Waals surface area contributed by atoms with Crippen molar-refractivity contribution in [1.29, 1.82) is 0 Å². The second-order valence-electron chi connectivity index (χ2n) is 11.4. The first kappa shape index (κ1) is 25.9. The minimum atomic E-state index is 0.313. The van der Waals surface area contributed by atoms with Gasteiger partial charge in [0.25, 0.3) is 0 Å². The Morgan fingerprint density at radius 3 is 2.13 bits per heavy atom. The fraction of sp³-hybridized carbons (Fsp3) is 0.581. The molecule has 202 valence electrons. The number of aromatic nitrogens is 3. The topological polar surface area (TPSA) is 71.4 Å². The highest BCUT2D eigenvalue weighted by Gasteiger charge is 2.26. The second kappa shape index (κ2) is 12.2. The third kappa shape index (κ3) is 6.11. The number of aliphatic hydroxyl groups is 1. The predicted octanol–water partition coefficient (Wildman–Crippen LogP) is 6.85. The van der Waals surface area contributed by atoms with Crippen LogP contribution in [-0.2, 0) is 4.74 Å². The van der Waals surface area contributed by atoms with Crippen LogP contribution in [0, 0.1) is 5.92 Å². The van der Waals surface area contributed by atoms with E-state index in [1.807, 2.05) is 6.20 Å². The first-order valence-electron chi connectivity index (χ1n) is 14.7. The minimum absolute atomic E-state index is 0.313. The molecule has 2 saturated carbocycles. The standard InChI is InChI=1S/C31H40N4O2S/c36-21-22-6-8-24(9-7-22)30-33-34-31(38-30)25-12-10-23(11-13-25)26-14-15-29(32-20-26)35-18-16-28(17-19-35)37-27-4-2-1-3-5-27/h10-15,20,22,24,27-28,36H,1-9,16-19,21H2/t22-,24+. The van der Waals surface area contributed by atoms with Crippen molar-refractivity contribution in [2.75, 3.05) is 24.6 Å². The van der Waals surface area contributed by atoms with Crippen molar-refractivity contribution in [2.24, 2.45) is 5.92 Å². The van der Waals surface area contributed by atoms with Crippen LogP contribution in [0.3, 0.4) is 0 Å². The summed E-state index contributed by atoms with van der Waals surface area (Å²) in [5.41, 5.74) is 3.42. The van der Waals surface area contributed by atoms with E-state index in [9.17, 15) is 5.11 Å². The molecule has 0 unspecified atom stereocenters. The van der Waals surface area contributed by atoms with E-state index in [1.54, 1.807) is 11.3 Å². The molecule has 3 heterocycles. The highest BCUT2D eigenvalue weighted by Crippen LogP contribution is 2.38. The Balaban J connectivity index is 1.03. The van der Waals surface area contributed by atoms with E-state index >= 15 is 0 Å². The lowest BCUT2D eigenvalue weighted by Crippen LogP contribution is -2.39. The number of hydrogen-bond acceptors (Lipinski definition) is 7. The van der Waals surface area contributed by atoms with E-state index in [0.717, 1.165) is 78.6 Å². The SMILES string of the molecule is OC[C@H]1CC[C@@H](c2nnc(-c3ccc(-c4ccc(N5CCC(OC6CCCCC6)CC5)nc4)cc3)s2)CC1. The monoisotopic (exact) mass is 532 g/mol. The van der Waals surface area contributed by atoms with Crippen molar-refractivity contribution in [2.45, 2.75) is 88.8 Å². The van der Waals surface area contributed by atoms with Gasteiger partial charge in [-0.25, -0.2) is 4.98 Å². The first-order valence-corrected chi connectivity index (χ1v) is 15.5. The zero-order valence-electron chi connectivity index (χ0n) is 22.3. The summed E-state index contributed by atoms with van der Waals surface area (Å²) in [4.78, 5) is 7.22. The molecule has 1 aromatic carbocycles. The molecular weight excluding hydrogens is 492 g/mol. The van der Waals surface area contributed by atoms with Crippen LogP contribution < -0.4 is 4.90 Å². The Bertz CT molecular complexity index is 1140. The largest absolute Gasteiger partial charge is 0.396 e. The smallest absolute Gasteiger partial charge is 0.147 e. The van der Waals surface area contributed by atoms with E-state index in [2.05, 4.69) is 51.5 Å². The third-order valence-electron chi connectivity index (χ3n) is 8.81. The number of ether oxygens (including phenoxy) is 1. The van der Waals surface area contributed by atoms with Crippen LogP contribution >= 0.6 is 11.3 Å².